The maximum absolute atomic E-state index is 14.6. The molecule has 186 valence electrons. The molecule has 13 heteroatoms. The molecule has 2 aromatic rings. The summed E-state index contributed by atoms with van der Waals surface area (Å²) in [6, 6.07) is 2.54. The zero-order chi connectivity index (χ0) is 25.3. The largest absolute Gasteiger partial charge is 0.435 e. The molecule has 0 bridgehead atoms. The van der Waals surface area contributed by atoms with E-state index in [1.54, 1.807) is 0 Å². The Morgan fingerprint density at radius 2 is 1.53 bits per heavy atom. The van der Waals surface area contributed by atoms with Crippen LogP contribution in [-0.2, 0) is 26.7 Å². The van der Waals surface area contributed by atoms with E-state index >= 15 is 0 Å². The van der Waals surface area contributed by atoms with Crippen LogP contribution in [0.3, 0.4) is 0 Å². The number of hydrogen-bond donors (Lipinski definition) is 1. The number of nitrogens with one attached hydrogen (secondary N) is 1. The molecule has 0 saturated carbocycles. The molecule has 2 unspecified atom stereocenters. The minimum absolute atomic E-state index is 0.00329. The van der Waals surface area contributed by atoms with E-state index in [2.05, 4.69) is 5.32 Å². The summed E-state index contributed by atoms with van der Waals surface area (Å²) in [6.07, 6.45) is -12.9. The molecule has 1 fully saturated rings. The van der Waals surface area contributed by atoms with Crippen molar-refractivity contribution in [1.29, 1.82) is 0 Å². The van der Waals surface area contributed by atoms with Crippen LogP contribution in [0.1, 0.15) is 29.5 Å². The maximum Gasteiger partial charge on any atom is 0.435 e. The highest BCUT2D eigenvalue weighted by atomic mass is 32.2. The predicted octanol–water partition coefficient (Wildman–Crippen LogP) is 5.23. The third-order valence-corrected chi connectivity index (χ3v) is 9.12. The van der Waals surface area contributed by atoms with Gasteiger partial charge in [-0.2, -0.15) is 26.3 Å². The highest BCUT2D eigenvalue weighted by Gasteiger charge is 2.73. The summed E-state index contributed by atoms with van der Waals surface area (Å²) >= 11 is 0. The molecule has 1 heterocycles. The number of alkyl halides is 7. The molecule has 0 aromatic heterocycles. The van der Waals surface area contributed by atoms with Crippen LogP contribution < -0.4 is 5.32 Å². The second kappa shape index (κ2) is 7.61. The number of halogens is 9. The number of benzene rings is 2. The molecule has 1 N–H and O–H groups in total. The van der Waals surface area contributed by atoms with Gasteiger partial charge in [-0.3, -0.25) is 0 Å². The third kappa shape index (κ3) is 3.26. The Kier molecular flexibility index (Phi) is 5.56. The summed E-state index contributed by atoms with van der Waals surface area (Å²) in [6.45, 7) is 0.132. The van der Waals surface area contributed by atoms with Gasteiger partial charge in [0.25, 0.3) is 0 Å². The zero-order valence-corrected chi connectivity index (χ0v) is 17.8. The van der Waals surface area contributed by atoms with Gasteiger partial charge in [-0.15, -0.1) is 0 Å². The Labute approximate surface area is 187 Å². The molecular weight excluding hydrogens is 501 g/mol. The molecule has 1 aliphatic heterocycles. The Hall–Kier alpha value is -2.28. The molecule has 1 saturated heterocycles. The number of aryl methyl sites for hydroxylation is 1. The molecule has 2 aromatic carbocycles. The quantitative estimate of drug-likeness (QED) is 0.448. The van der Waals surface area contributed by atoms with Gasteiger partial charge in [-0.05, 0) is 55.1 Å². The molecule has 2 aliphatic rings. The van der Waals surface area contributed by atoms with Gasteiger partial charge in [-0.1, -0.05) is 18.2 Å². The number of sulfone groups is 1. The molecule has 1 aliphatic carbocycles. The summed E-state index contributed by atoms with van der Waals surface area (Å²) < 4.78 is 147. The Morgan fingerprint density at radius 3 is 2.12 bits per heavy atom. The fourth-order valence-corrected chi connectivity index (χ4v) is 7.33. The second-order valence-electron chi connectivity index (χ2n) is 8.29. The highest BCUT2D eigenvalue weighted by molar-refractivity contribution is 7.92. The van der Waals surface area contributed by atoms with Crippen LogP contribution in [-0.4, -0.2) is 33.4 Å². The van der Waals surface area contributed by atoms with E-state index in [4.69, 9.17) is 0 Å². The van der Waals surface area contributed by atoms with Crippen molar-refractivity contribution in [3.63, 3.8) is 0 Å². The first-order valence-corrected chi connectivity index (χ1v) is 11.4. The lowest BCUT2D eigenvalue weighted by atomic mass is 9.77. The van der Waals surface area contributed by atoms with E-state index in [1.807, 2.05) is 0 Å². The second-order valence-corrected chi connectivity index (χ2v) is 10.5. The van der Waals surface area contributed by atoms with E-state index in [9.17, 15) is 47.9 Å². The highest BCUT2D eigenvalue weighted by Crippen LogP contribution is 2.55. The van der Waals surface area contributed by atoms with Crippen molar-refractivity contribution >= 4 is 9.84 Å². The van der Waals surface area contributed by atoms with Crippen molar-refractivity contribution in [2.45, 2.75) is 53.0 Å². The fourth-order valence-electron chi connectivity index (χ4n) is 4.97. The first-order chi connectivity index (χ1) is 15.6. The van der Waals surface area contributed by atoms with Crippen molar-refractivity contribution in [3.8, 4) is 0 Å². The monoisotopic (exact) mass is 517 g/mol. The smallest absolute Gasteiger partial charge is 0.312 e. The number of rotatable bonds is 3. The zero-order valence-electron chi connectivity index (χ0n) is 17.0. The normalized spacial score (nSPS) is 23.5. The average molecular weight is 517 g/mol. The fraction of sp³-hybridized carbons (Fsp3) is 0.429. The van der Waals surface area contributed by atoms with Crippen LogP contribution in [0.25, 0.3) is 0 Å². The lowest BCUT2D eigenvalue weighted by molar-refractivity contribution is -0.348. The summed E-state index contributed by atoms with van der Waals surface area (Å²) in [5, 5.41) is 2.95. The lowest BCUT2D eigenvalue weighted by Crippen LogP contribution is -2.51. The van der Waals surface area contributed by atoms with Gasteiger partial charge in [0.15, 0.2) is 21.5 Å². The molecule has 34 heavy (non-hydrogen) atoms. The van der Waals surface area contributed by atoms with E-state index in [0.717, 1.165) is 12.1 Å². The standard InChI is InChI=1S/C21H16F9NO2S/c22-15-5-3-13(10-16(15)23)34(32,33)18-7-8-31-17(18)6-1-11-9-12(2-4-14(11)18)19(24,20(25,26)27)21(28,29)30/h2-5,9-10,17,31H,1,6-8H2. The van der Waals surface area contributed by atoms with Crippen molar-refractivity contribution in [3.05, 3.63) is 64.7 Å². The lowest BCUT2D eigenvalue weighted by Gasteiger charge is -2.41. The number of hydrogen-bond acceptors (Lipinski definition) is 3. The van der Waals surface area contributed by atoms with Crippen molar-refractivity contribution in [2.75, 3.05) is 6.54 Å². The molecule has 0 spiro atoms. The molecule has 0 amide bonds. The molecule has 2 atom stereocenters. The van der Waals surface area contributed by atoms with E-state index in [-0.39, 0.29) is 43.0 Å². The first kappa shape index (κ1) is 24.8. The van der Waals surface area contributed by atoms with Crippen LogP contribution in [0.4, 0.5) is 39.5 Å². The van der Waals surface area contributed by atoms with Gasteiger partial charge in [0.1, 0.15) is 4.75 Å². The summed E-state index contributed by atoms with van der Waals surface area (Å²) in [7, 11) is -4.53. The molecule has 3 nitrogen and oxygen atoms in total. The average Bonchev–Trinajstić information content (AvgIpc) is 3.19. The van der Waals surface area contributed by atoms with Gasteiger partial charge in [0, 0.05) is 11.6 Å². The van der Waals surface area contributed by atoms with Crippen molar-refractivity contribution in [1.82, 2.24) is 5.32 Å². The summed E-state index contributed by atoms with van der Waals surface area (Å²) in [5.41, 5.74) is -7.67. The summed E-state index contributed by atoms with van der Waals surface area (Å²) in [4.78, 5) is -0.595. The minimum Gasteiger partial charge on any atom is -0.312 e. The Bertz CT molecular complexity index is 1230. The predicted molar refractivity (Wildman–Crippen MR) is 101 cm³/mol. The first-order valence-electron chi connectivity index (χ1n) is 9.96. The van der Waals surface area contributed by atoms with Crippen LogP contribution in [0.2, 0.25) is 0 Å². The Balaban J connectivity index is 1.93. The Morgan fingerprint density at radius 1 is 0.882 bits per heavy atom. The van der Waals surface area contributed by atoms with Crippen molar-refractivity contribution < 1.29 is 47.9 Å². The SMILES string of the molecule is O=S(=O)(c1ccc(F)c(F)c1)C12CCNC1CCc1cc(C(F)(C(F)(F)F)C(F)(F)F)ccc12. The van der Waals surface area contributed by atoms with Gasteiger partial charge in [0.2, 0.25) is 0 Å². The topological polar surface area (TPSA) is 46.2 Å². The van der Waals surface area contributed by atoms with Crippen LogP contribution in [0.5, 0.6) is 0 Å². The van der Waals surface area contributed by atoms with Gasteiger partial charge >= 0.3 is 18.0 Å². The van der Waals surface area contributed by atoms with E-state index in [0.29, 0.717) is 18.2 Å². The maximum atomic E-state index is 14.6. The van der Waals surface area contributed by atoms with Gasteiger partial charge in [-0.25, -0.2) is 21.6 Å². The molecule has 0 radical (unpaired) electrons. The third-order valence-electron chi connectivity index (χ3n) is 6.57. The minimum atomic E-state index is -6.32. The van der Waals surface area contributed by atoms with E-state index < -0.39 is 60.7 Å². The van der Waals surface area contributed by atoms with Crippen LogP contribution in [0.15, 0.2) is 41.3 Å². The van der Waals surface area contributed by atoms with E-state index in [1.165, 1.54) is 0 Å². The van der Waals surface area contributed by atoms with Gasteiger partial charge in [0.05, 0.1) is 4.90 Å². The molecular formula is C21H16F9NO2S. The van der Waals surface area contributed by atoms with Crippen LogP contribution in [0, 0.1) is 11.6 Å². The van der Waals surface area contributed by atoms with Gasteiger partial charge < -0.3 is 5.32 Å². The summed E-state index contributed by atoms with van der Waals surface area (Å²) in [5.74, 6) is -2.74. The number of fused-ring (bicyclic) bond motifs is 3. The molecule has 4 rings (SSSR count). The van der Waals surface area contributed by atoms with Crippen molar-refractivity contribution in [2.24, 2.45) is 0 Å². The van der Waals surface area contributed by atoms with Crippen LogP contribution >= 0.6 is 0 Å².